The Kier molecular flexibility index (Phi) is 7.66. The lowest BCUT2D eigenvalue weighted by atomic mass is 10.0. The molecule has 0 aliphatic carbocycles. The number of benzene rings is 2. The smallest absolute Gasteiger partial charge is 0.319 e. The topological polar surface area (TPSA) is 107 Å². The Hall–Kier alpha value is -2.85. The molecule has 2 aliphatic heterocycles. The minimum atomic E-state index is -0.836. The number of nitrogens with zero attached hydrogens (tertiary/aromatic N) is 2. The third-order valence-electron chi connectivity index (χ3n) is 6.30. The van der Waals surface area contributed by atoms with Crippen molar-refractivity contribution in [2.75, 3.05) is 56.7 Å². The summed E-state index contributed by atoms with van der Waals surface area (Å²) < 4.78 is 11.4. The Balaban J connectivity index is 1.37. The standard InChI is InChI=1S/C24H32N4O5/c1-32-19-10-6-5-9-18(19)27-11-13-28(14-12-27)22-20(33-21(16-29)23(22)30)15-25-24(31)26-17-7-3-2-4-8-17/h2-10,20-23,29-30H,11-16H2,1H3,(H2,25,26,31)/t20-,21+,22+,23-/m1/s1. The Bertz CT molecular complexity index is 907. The third-order valence-corrected chi connectivity index (χ3v) is 6.30. The van der Waals surface area contributed by atoms with Crippen LogP contribution in [0.2, 0.25) is 0 Å². The SMILES string of the molecule is COc1ccccc1N1CCN([C@@H]2[C@H](O)[C@H](CO)O[C@@H]2CNC(=O)Nc2ccccc2)CC1. The molecule has 2 aliphatic rings. The number of hydrogen-bond acceptors (Lipinski definition) is 7. The fourth-order valence-electron chi connectivity index (χ4n) is 4.64. The largest absolute Gasteiger partial charge is 0.495 e. The van der Waals surface area contributed by atoms with Gasteiger partial charge in [-0.1, -0.05) is 30.3 Å². The summed E-state index contributed by atoms with van der Waals surface area (Å²) in [7, 11) is 1.67. The molecule has 2 saturated heterocycles. The number of aliphatic hydroxyl groups excluding tert-OH is 2. The first-order valence-corrected chi connectivity index (χ1v) is 11.3. The number of carbonyl (C=O) groups excluding carboxylic acids is 1. The van der Waals surface area contributed by atoms with Crippen LogP contribution in [0.5, 0.6) is 5.75 Å². The van der Waals surface area contributed by atoms with Crippen molar-refractivity contribution in [1.29, 1.82) is 0 Å². The number of para-hydroxylation sites is 3. The molecule has 9 heteroatoms. The molecule has 0 bridgehead atoms. The van der Waals surface area contributed by atoms with Crippen molar-refractivity contribution in [3.8, 4) is 5.75 Å². The minimum absolute atomic E-state index is 0.226. The number of urea groups is 1. The molecule has 0 unspecified atom stereocenters. The van der Waals surface area contributed by atoms with Gasteiger partial charge >= 0.3 is 6.03 Å². The van der Waals surface area contributed by atoms with E-state index in [0.717, 1.165) is 24.5 Å². The van der Waals surface area contributed by atoms with E-state index in [4.69, 9.17) is 9.47 Å². The van der Waals surface area contributed by atoms with Crippen LogP contribution in [0.25, 0.3) is 0 Å². The normalized spacial score (nSPS) is 25.6. The molecule has 2 amide bonds. The predicted octanol–water partition coefficient (Wildman–Crippen LogP) is 1.13. The molecule has 0 radical (unpaired) electrons. The monoisotopic (exact) mass is 456 g/mol. The summed E-state index contributed by atoms with van der Waals surface area (Å²) in [6.07, 6.45) is -1.94. The van der Waals surface area contributed by atoms with Crippen molar-refractivity contribution < 1.29 is 24.5 Å². The zero-order chi connectivity index (χ0) is 23.2. The van der Waals surface area contributed by atoms with Crippen LogP contribution in [-0.4, -0.2) is 91.9 Å². The molecule has 178 valence electrons. The molecule has 2 heterocycles. The van der Waals surface area contributed by atoms with Crippen LogP contribution in [0.3, 0.4) is 0 Å². The highest BCUT2D eigenvalue weighted by atomic mass is 16.5. The Labute approximate surface area is 193 Å². The summed E-state index contributed by atoms with van der Waals surface area (Å²) in [4.78, 5) is 16.8. The molecule has 4 rings (SSSR count). The van der Waals surface area contributed by atoms with Crippen LogP contribution >= 0.6 is 0 Å². The van der Waals surface area contributed by atoms with E-state index in [9.17, 15) is 15.0 Å². The van der Waals surface area contributed by atoms with Crippen LogP contribution in [-0.2, 0) is 4.74 Å². The maximum atomic E-state index is 12.3. The maximum Gasteiger partial charge on any atom is 0.319 e. The Morgan fingerprint density at radius 1 is 1.06 bits per heavy atom. The van der Waals surface area contributed by atoms with Crippen molar-refractivity contribution >= 4 is 17.4 Å². The summed E-state index contributed by atoms with van der Waals surface area (Å²) in [5.41, 5.74) is 1.74. The maximum absolute atomic E-state index is 12.3. The number of ether oxygens (including phenoxy) is 2. The van der Waals surface area contributed by atoms with Crippen LogP contribution in [0.4, 0.5) is 16.2 Å². The van der Waals surface area contributed by atoms with E-state index >= 15 is 0 Å². The first-order chi connectivity index (χ1) is 16.1. The number of piperazine rings is 1. The first-order valence-electron chi connectivity index (χ1n) is 11.3. The van der Waals surface area contributed by atoms with Gasteiger partial charge in [-0.2, -0.15) is 0 Å². The third kappa shape index (κ3) is 5.39. The molecule has 2 fully saturated rings. The van der Waals surface area contributed by atoms with Gasteiger partial charge in [0.25, 0.3) is 0 Å². The summed E-state index contributed by atoms with van der Waals surface area (Å²) in [6, 6.07) is 16.5. The van der Waals surface area contributed by atoms with Crippen LogP contribution in [0, 0.1) is 0 Å². The van der Waals surface area contributed by atoms with E-state index in [-0.39, 0.29) is 25.2 Å². The van der Waals surface area contributed by atoms with Crippen LogP contribution in [0.15, 0.2) is 54.6 Å². The van der Waals surface area contributed by atoms with Crippen molar-refractivity contribution in [1.82, 2.24) is 10.2 Å². The quantitative estimate of drug-likeness (QED) is 0.495. The number of methoxy groups -OCH3 is 1. The fraction of sp³-hybridized carbons (Fsp3) is 0.458. The summed E-state index contributed by atoms with van der Waals surface area (Å²) in [5, 5.41) is 26.1. The van der Waals surface area contributed by atoms with Crippen molar-refractivity contribution in [2.45, 2.75) is 24.4 Å². The van der Waals surface area contributed by atoms with Gasteiger partial charge in [0.05, 0.1) is 31.5 Å². The second kappa shape index (κ2) is 10.8. The number of hydrogen-bond donors (Lipinski definition) is 4. The lowest BCUT2D eigenvalue weighted by Gasteiger charge is -2.41. The molecule has 9 nitrogen and oxygen atoms in total. The molecular weight excluding hydrogens is 424 g/mol. The molecule has 2 aromatic carbocycles. The lowest BCUT2D eigenvalue weighted by Crippen LogP contribution is -2.57. The highest BCUT2D eigenvalue weighted by Crippen LogP contribution is 2.31. The zero-order valence-electron chi connectivity index (χ0n) is 18.8. The van der Waals surface area contributed by atoms with Crippen LogP contribution in [0.1, 0.15) is 0 Å². The Morgan fingerprint density at radius 2 is 1.76 bits per heavy atom. The van der Waals surface area contributed by atoms with Gasteiger partial charge in [-0.25, -0.2) is 4.79 Å². The van der Waals surface area contributed by atoms with E-state index in [1.165, 1.54) is 0 Å². The van der Waals surface area contributed by atoms with Gasteiger partial charge in [0.1, 0.15) is 18.0 Å². The highest BCUT2D eigenvalue weighted by Gasteiger charge is 2.46. The van der Waals surface area contributed by atoms with Crippen molar-refractivity contribution in [2.24, 2.45) is 0 Å². The van der Waals surface area contributed by atoms with Gasteiger partial charge in [0, 0.05) is 38.4 Å². The first kappa shape index (κ1) is 23.3. The number of rotatable bonds is 7. The number of aliphatic hydroxyl groups is 2. The molecular formula is C24H32N4O5. The second-order valence-corrected chi connectivity index (χ2v) is 8.27. The molecule has 2 aromatic rings. The van der Waals surface area contributed by atoms with Crippen molar-refractivity contribution in [3.63, 3.8) is 0 Å². The molecule has 33 heavy (non-hydrogen) atoms. The molecule has 0 spiro atoms. The second-order valence-electron chi connectivity index (χ2n) is 8.27. The fourth-order valence-corrected chi connectivity index (χ4v) is 4.64. The molecule has 4 N–H and O–H groups in total. The molecule has 0 saturated carbocycles. The van der Waals surface area contributed by atoms with Gasteiger partial charge in [-0.15, -0.1) is 0 Å². The number of nitrogens with one attached hydrogen (secondary N) is 2. The van der Waals surface area contributed by atoms with Crippen molar-refractivity contribution in [3.05, 3.63) is 54.6 Å². The van der Waals surface area contributed by atoms with Gasteiger partial charge in [0.2, 0.25) is 0 Å². The van der Waals surface area contributed by atoms with E-state index < -0.39 is 18.3 Å². The summed E-state index contributed by atoms with van der Waals surface area (Å²) >= 11 is 0. The van der Waals surface area contributed by atoms with E-state index in [1.54, 1.807) is 19.2 Å². The molecule has 4 atom stereocenters. The van der Waals surface area contributed by atoms with Crippen LogP contribution < -0.4 is 20.3 Å². The average molecular weight is 457 g/mol. The Morgan fingerprint density at radius 3 is 2.45 bits per heavy atom. The van der Waals surface area contributed by atoms with Gasteiger partial charge in [-0.05, 0) is 24.3 Å². The van der Waals surface area contributed by atoms with E-state index in [2.05, 4.69) is 20.4 Å². The highest BCUT2D eigenvalue weighted by molar-refractivity contribution is 5.89. The molecule has 0 aromatic heterocycles. The number of anilines is 2. The lowest BCUT2D eigenvalue weighted by molar-refractivity contribution is -0.0205. The number of amides is 2. The summed E-state index contributed by atoms with van der Waals surface area (Å²) in [5.74, 6) is 0.835. The van der Waals surface area contributed by atoms with Gasteiger partial charge in [-0.3, -0.25) is 4.90 Å². The zero-order valence-corrected chi connectivity index (χ0v) is 18.8. The summed E-state index contributed by atoms with van der Waals surface area (Å²) in [6.45, 7) is 2.92. The average Bonchev–Trinajstić information content (AvgIpc) is 3.18. The minimum Gasteiger partial charge on any atom is -0.495 e. The van der Waals surface area contributed by atoms with Gasteiger partial charge < -0.3 is 35.2 Å². The van der Waals surface area contributed by atoms with E-state index in [0.29, 0.717) is 18.8 Å². The van der Waals surface area contributed by atoms with Gasteiger partial charge in [0.15, 0.2) is 0 Å². The predicted molar refractivity (Wildman–Crippen MR) is 126 cm³/mol. The van der Waals surface area contributed by atoms with E-state index in [1.807, 2.05) is 42.5 Å². The number of carbonyl (C=O) groups is 1.